The molecular weight excluding hydrogens is 740 g/mol. The SMILES string of the molecule is CCCCCCCCCCCCCCCOCC(COC1OC(COC2OC(CO)C(O)C(O)C2O)C(O)C(O)C1O)OC(=O)CCCCCCCCCCCC. The van der Waals surface area contributed by atoms with Gasteiger partial charge in [-0.05, 0) is 12.8 Å². The number of aliphatic hydroxyl groups is 7. The molecule has 2 aliphatic heterocycles. The lowest BCUT2D eigenvalue weighted by Crippen LogP contribution is -2.61. The molecule has 0 saturated carbocycles. The number of hydrogen-bond acceptors (Lipinski definition) is 14. The molecule has 0 radical (unpaired) electrons. The summed E-state index contributed by atoms with van der Waals surface area (Å²) >= 11 is 0. The number of hydrogen-bond donors (Lipinski definition) is 7. The van der Waals surface area contributed by atoms with Crippen molar-refractivity contribution >= 4 is 5.97 Å². The summed E-state index contributed by atoms with van der Waals surface area (Å²) in [6, 6.07) is 0. The average molecular weight is 823 g/mol. The molecule has 2 fully saturated rings. The molecule has 0 aromatic heterocycles. The summed E-state index contributed by atoms with van der Waals surface area (Å²) in [7, 11) is 0. The van der Waals surface area contributed by atoms with Crippen LogP contribution in [0, 0.1) is 0 Å². The van der Waals surface area contributed by atoms with Crippen LogP contribution in [-0.2, 0) is 33.2 Å². The van der Waals surface area contributed by atoms with Gasteiger partial charge < -0.3 is 64.2 Å². The highest BCUT2D eigenvalue weighted by atomic mass is 16.7. The lowest BCUT2D eigenvalue weighted by atomic mass is 9.98. The second-order valence-corrected chi connectivity index (χ2v) is 16.2. The fourth-order valence-electron chi connectivity index (χ4n) is 7.34. The van der Waals surface area contributed by atoms with E-state index in [0.29, 0.717) is 13.0 Å². The zero-order valence-electron chi connectivity index (χ0n) is 35.3. The topological polar surface area (TPSA) is 214 Å². The number of carbonyl (C=O) groups excluding carboxylic acids is 1. The van der Waals surface area contributed by atoms with Gasteiger partial charge in [-0.15, -0.1) is 0 Å². The molecule has 0 aromatic carbocycles. The summed E-state index contributed by atoms with van der Waals surface area (Å²) in [5.74, 6) is -0.376. The van der Waals surface area contributed by atoms with Gasteiger partial charge in [0.15, 0.2) is 12.6 Å². The van der Waals surface area contributed by atoms with E-state index in [4.69, 9.17) is 28.4 Å². The first-order valence-corrected chi connectivity index (χ1v) is 22.6. The molecule has 0 aliphatic carbocycles. The zero-order chi connectivity index (χ0) is 41.7. The van der Waals surface area contributed by atoms with Crippen LogP contribution in [-0.4, -0.2) is 142 Å². The molecule has 7 N–H and O–H groups in total. The first-order chi connectivity index (χ1) is 27.6. The van der Waals surface area contributed by atoms with Gasteiger partial charge in [0.1, 0.15) is 54.9 Å². The van der Waals surface area contributed by atoms with Gasteiger partial charge in [-0.3, -0.25) is 4.79 Å². The first-order valence-electron chi connectivity index (χ1n) is 22.6. The van der Waals surface area contributed by atoms with Crippen LogP contribution in [0.2, 0.25) is 0 Å². The third kappa shape index (κ3) is 21.9. The van der Waals surface area contributed by atoms with Crippen molar-refractivity contribution in [3.8, 4) is 0 Å². The molecular formula is C43H82O14. The standard InChI is InChI=1S/C43H82O14/c1-3-5-7-9-11-13-15-16-17-19-21-23-25-27-52-29-32(55-35(45)26-24-22-20-18-14-12-10-8-6-4-2)30-53-42-41(51)39(49)37(47)34(57-42)31-54-43-40(50)38(48)36(46)33(28-44)56-43/h32-34,36-44,46-51H,3-31H2,1-2H3. The van der Waals surface area contributed by atoms with Gasteiger partial charge in [0.25, 0.3) is 0 Å². The summed E-state index contributed by atoms with van der Waals surface area (Å²) in [6.45, 7) is 3.68. The van der Waals surface area contributed by atoms with Crippen molar-refractivity contribution < 1.29 is 69.0 Å². The minimum absolute atomic E-state index is 0.0691. The van der Waals surface area contributed by atoms with Crippen molar-refractivity contribution in [3.05, 3.63) is 0 Å². The van der Waals surface area contributed by atoms with E-state index < -0.39 is 80.7 Å². The quantitative estimate of drug-likeness (QED) is 0.0333. The number of rotatable bonds is 35. The monoisotopic (exact) mass is 823 g/mol. The Kier molecular flexibility index (Phi) is 29.9. The molecule has 338 valence electrons. The second-order valence-electron chi connectivity index (χ2n) is 16.2. The number of esters is 1. The van der Waals surface area contributed by atoms with E-state index >= 15 is 0 Å². The smallest absolute Gasteiger partial charge is 0.306 e. The number of unbranched alkanes of at least 4 members (excludes halogenated alkanes) is 21. The molecule has 0 aromatic rings. The predicted molar refractivity (Wildman–Crippen MR) is 215 cm³/mol. The Morgan fingerprint density at radius 1 is 0.509 bits per heavy atom. The van der Waals surface area contributed by atoms with E-state index in [1.807, 2.05) is 0 Å². The Hall–Kier alpha value is -1.01. The van der Waals surface area contributed by atoms with Gasteiger partial charge in [0, 0.05) is 13.0 Å². The fourth-order valence-corrected chi connectivity index (χ4v) is 7.34. The van der Waals surface area contributed by atoms with E-state index in [1.54, 1.807) is 0 Å². The Morgan fingerprint density at radius 3 is 1.42 bits per heavy atom. The van der Waals surface area contributed by atoms with Crippen molar-refractivity contribution in [2.75, 3.05) is 33.0 Å². The largest absolute Gasteiger partial charge is 0.457 e. The van der Waals surface area contributed by atoms with Crippen molar-refractivity contribution in [3.63, 3.8) is 0 Å². The fraction of sp³-hybridized carbons (Fsp3) is 0.977. The summed E-state index contributed by atoms with van der Waals surface area (Å²) in [5, 5.41) is 71.8. The first kappa shape index (κ1) is 52.1. The van der Waals surface area contributed by atoms with Crippen LogP contribution in [0.25, 0.3) is 0 Å². The lowest BCUT2D eigenvalue weighted by Gasteiger charge is -2.42. The Labute approximate surface area is 342 Å². The maximum Gasteiger partial charge on any atom is 0.306 e. The van der Waals surface area contributed by atoms with Crippen LogP contribution in [0.3, 0.4) is 0 Å². The summed E-state index contributed by atoms with van der Waals surface area (Å²) in [5.41, 5.74) is 0. The normalized spacial score (nSPS) is 28.4. The molecule has 2 rings (SSSR count). The van der Waals surface area contributed by atoms with Gasteiger partial charge in [0.05, 0.1) is 26.4 Å². The van der Waals surface area contributed by atoms with Gasteiger partial charge in [0.2, 0.25) is 0 Å². The Bertz CT molecular complexity index is 959. The molecule has 2 saturated heterocycles. The number of carbonyl (C=O) groups is 1. The van der Waals surface area contributed by atoms with Crippen LogP contribution in [0.15, 0.2) is 0 Å². The van der Waals surface area contributed by atoms with E-state index in [9.17, 15) is 40.5 Å². The Morgan fingerprint density at radius 2 is 0.930 bits per heavy atom. The predicted octanol–water partition coefficient (Wildman–Crippen LogP) is 4.96. The van der Waals surface area contributed by atoms with Crippen LogP contribution in [0.5, 0.6) is 0 Å². The summed E-state index contributed by atoms with van der Waals surface area (Å²) < 4.78 is 34.1. The molecule has 2 aliphatic rings. The van der Waals surface area contributed by atoms with Gasteiger partial charge in [-0.1, -0.05) is 149 Å². The summed E-state index contributed by atoms with van der Waals surface area (Å²) in [4.78, 5) is 12.9. The van der Waals surface area contributed by atoms with Crippen molar-refractivity contribution in [1.82, 2.24) is 0 Å². The van der Waals surface area contributed by atoms with E-state index in [0.717, 1.165) is 38.5 Å². The van der Waals surface area contributed by atoms with Crippen LogP contribution in [0.4, 0.5) is 0 Å². The minimum atomic E-state index is -1.70. The van der Waals surface area contributed by atoms with Crippen LogP contribution >= 0.6 is 0 Å². The zero-order valence-corrected chi connectivity index (χ0v) is 35.3. The van der Waals surface area contributed by atoms with Crippen molar-refractivity contribution in [1.29, 1.82) is 0 Å². The molecule has 11 atom stereocenters. The number of aliphatic hydroxyl groups excluding tert-OH is 7. The van der Waals surface area contributed by atoms with Crippen LogP contribution < -0.4 is 0 Å². The van der Waals surface area contributed by atoms with Crippen molar-refractivity contribution in [2.24, 2.45) is 0 Å². The molecule has 57 heavy (non-hydrogen) atoms. The van der Waals surface area contributed by atoms with Crippen molar-refractivity contribution in [2.45, 2.75) is 235 Å². The second kappa shape index (κ2) is 32.7. The van der Waals surface area contributed by atoms with E-state index in [1.165, 1.54) is 103 Å². The third-order valence-electron chi connectivity index (χ3n) is 11.1. The maximum absolute atomic E-state index is 12.9. The Balaban J connectivity index is 1.81. The molecule has 0 bridgehead atoms. The molecule has 14 nitrogen and oxygen atoms in total. The number of ether oxygens (including phenoxy) is 6. The van der Waals surface area contributed by atoms with E-state index in [2.05, 4.69) is 13.8 Å². The minimum Gasteiger partial charge on any atom is -0.457 e. The van der Waals surface area contributed by atoms with Gasteiger partial charge >= 0.3 is 5.97 Å². The van der Waals surface area contributed by atoms with E-state index in [-0.39, 0.29) is 25.6 Å². The average Bonchev–Trinajstić information content (AvgIpc) is 3.20. The van der Waals surface area contributed by atoms with Crippen LogP contribution in [0.1, 0.15) is 168 Å². The highest BCUT2D eigenvalue weighted by Gasteiger charge is 2.47. The molecule has 11 unspecified atom stereocenters. The molecule has 0 amide bonds. The molecule has 14 heteroatoms. The molecule has 2 heterocycles. The van der Waals surface area contributed by atoms with Gasteiger partial charge in [-0.2, -0.15) is 0 Å². The van der Waals surface area contributed by atoms with Gasteiger partial charge in [-0.25, -0.2) is 0 Å². The summed E-state index contributed by atoms with van der Waals surface area (Å²) in [6.07, 6.45) is 11.8. The highest BCUT2D eigenvalue weighted by molar-refractivity contribution is 5.69. The lowest BCUT2D eigenvalue weighted by molar-refractivity contribution is -0.332. The highest BCUT2D eigenvalue weighted by Crippen LogP contribution is 2.26. The third-order valence-corrected chi connectivity index (χ3v) is 11.1. The molecule has 0 spiro atoms. The maximum atomic E-state index is 12.9.